The van der Waals surface area contributed by atoms with E-state index in [2.05, 4.69) is 5.32 Å². The van der Waals surface area contributed by atoms with E-state index in [1.165, 1.54) is 0 Å². The minimum Gasteiger partial charge on any atom is -0.494 e. The third kappa shape index (κ3) is 5.51. The Bertz CT molecular complexity index is 941. The van der Waals surface area contributed by atoms with Crippen molar-refractivity contribution in [2.45, 2.75) is 20.5 Å². The van der Waals surface area contributed by atoms with E-state index in [0.29, 0.717) is 42.6 Å². The van der Waals surface area contributed by atoms with Crippen molar-refractivity contribution in [2.75, 3.05) is 18.5 Å². The molecule has 3 aromatic rings. The highest BCUT2D eigenvalue weighted by molar-refractivity contribution is 6.06. The molecular weight excluding hydrogens is 366 g/mol. The smallest absolute Gasteiger partial charge is 0.256 e. The second-order valence-electron chi connectivity index (χ2n) is 6.24. The highest BCUT2D eigenvalue weighted by Crippen LogP contribution is 2.30. The molecule has 0 aliphatic rings. The van der Waals surface area contributed by atoms with Crippen LogP contribution in [0.3, 0.4) is 0 Å². The zero-order valence-electron chi connectivity index (χ0n) is 16.7. The van der Waals surface area contributed by atoms with Gasteiger partial charge in [0.25, 0.3) is 5.91 Å². The lowest BCUT2D eigenvalue weighted by molar-refractivity contribution is 0.102. The molecule has 150 valence electrons. The maximum atomic E-state index is 13.0. The van der Waals surface area contributed by atoms with E-state index < -0.39 is 0 Å². The van der Waals surface area contributed by atoms with E-state index in [0.717, 1.165) is 11.3 Å². The molecule has 0 spiro atoms. The average Bonchev–Trinajstić information content (AvgIpc) is 2.75. The number of amides is 1. The number of rotatable bonds is 9. The third-order valence-corrected chi connectivity index (χ3v) is 4.21. The third-order valence-electron chi connectivity index (χ3n) is 4.21. The van der Waals surface area contributed by atoms with Crippen LogP contribution in [0, 0.1) is 0 Å². The number of hydrogen-bond acceptors (Lipinski definition) is 4. The van der Waals surface area contributed by atoms with Gasteiger partial charge in [0.15, 0.2) is 0 Å². The summed E-state index contributed by atoms with van der Waals surface area (Å²) < 4.78 is 17.0. The summed E-state index contributed by atoms with van der Waals surface area (Å²) in [7, 11) is 0. The Hall–Kier alpha value is -3.47. The normalized spacial score (nSPS) is 10.3. The van der Waals surface area contributed by atoms with Gasteiger partial charge in [-0.25, -0.2) is 0 Å². The van der Waals surface area contributed by atoms with E-state index in [4.69, 9.17) is 14.2 Å². The monoisotopic (exact) mass is 391 g/mol. The van der Waals surface area contributed by atoms with Gasteiger partial charge in [-0.3, -0.25) is 4.79 Å². The van der Waals surface area contributed by atoms with Gasteiger partial charge in [0, 0.05) is 17.2 Å². The van der Waals surface area contributed by atoms with Gasteiger partial charge < -0.3 is 19.5 Å². The van der Waals surface area contributed by atoms with E-state index in [-0.39, 0.29) is 5.91 Å². The van der Waals surface area contributed by atoms with Crippen LogP contribution >= 0.6 is 0 Å². The van der Waals surface area contributed by atoms with Crippen LogP contribution in [0.1, 0.15) is 29.8 Å². The summed E-state index contributed by atoms with van der Waals surface area (Å²) in [6.45, 7) is 5.15. The molecule has 29 heavy (non-hydrogen) atoms. The van der Waals surface area contributed by atoms with E-state index in [1.54, 1.807) is 18.2 Å². The quantitative estimate of drug-likeness (QED) is 0.537. The minimum atomic E-state index is -0.230. The average molecular weight is 391 g/mol. The summed E-state index contributed by atoms with van der Waals surface area (Å²) in [5.41, 5.74) is 1.92. The predicted octanol–water partition coefficient (Wildman–Crippen LogP) is 5.32. The van der Waals surface area contributed by atoms with Crippen molar-refractivity contribution in [3.8, 4) is 17.2 Å². The van der Waals surface area contributed by atoms with Gasteiger partial charge in [0.05, 0.1) is 18.9 Å². The molecule has 0 heterocycles. The van der Waals surface area contributed by atoms with Crippen molar-refractivity contribution >= 4 is 11.6 Å². The molecule has 5 nitrogen and oxygen atoms in total. The highest BCUT2D eigenvalue weighted by Gasteiger charge is 2.15. The van der Waals surface area contributed by atoms with Gasteiger partial charge in [-0.15, -0.1) is 0 Å². The molecular formula is C24H25NO4. The maximum absolute atomic E-state index is 13.0. The van der Waals surface area contributed by atoms with Gasteiger partial charge in [-0.2, -0.15) is 0 Å². The van der Waals surface area contributed by atoms with Crippen LogP contribution in [0.25, 0.3) is 0 Å². The molecule has 3 rings (SSSR count). The van der Waals surface area contributed by atoms with Crippen molar-refractivity contribution in [2.24, 2.45) is 0 Å². The number of anilines is 1. The van der Waals surface area contributed by atoms with Crippen LogP contribution in [0.5, 0.6) is 17.2 Å². The van der Waals surface area contributed by atoms with Gasteiger partial charge in [-0.05, 0) is 44.2 Å². The van der Waals surface area contributed by atoms with Crippen LogP contribution in [0.2, 0.25) is 0 Å². The predicted molar refractivity (Wildman–Crippen MR) is 114 cm³/mol. The summed E-state index contributed by atoms with van der Waals surface area (Å²) in [4.78, 5) is 13.0. The van der Waals surface area contributed by atoms with Gasteiger partial charge >= 0.3 is 0 Å². The number of para-hydroxylation sites is 1. The zero-order valence-corrected chi connectivity index (χ0v) is 16.7. The van der Waals surface area contributed by atoms with Crippen molar-refractivity contribution in [3.63, 3.8) is 0 Å². The Morgan fingerprint density at radius 3 is 2.28 bits per heavy atom. The number of ether oxygens (including phenoxy) is 3. The number of benzene rings is 3. The summed E-state index contributed by atoms with van der Waals surface area (Å²) in [6, 6.07) is 22.3. The number of carbonyl (C=O) groups excluding carboxylic acids is 1. The fourth-order valence-corrected chi connectivity index (χ4v) is 2.88. The van der Waals surface area contributed by atoms with E-state index >= 15 is 0 Å². The Labute approximate surface area is 171 Å². The maximum Gasteiger partial charge on any atom is 0.256 e. The molecule has 0 bridgehead atoms. The van der Waals surface area contributed by atoms with Gasteiger partial charge in [0.1, 0.15) is 23.9 Å². The lowest BCUT2D eigenvalue weighted by Gasteiger charge is -2.15. The molecule has 3 aromatic carbocycles. The standard InChI is InChI=1S/C24H25NO4/c1-3-27-20-14-15-23(28-4-2)22(16-20)25-24(26)21-13-9-8-10-18(21)17-29-19-11-6-5-7-12-19/h5-16H,3-4,17H2,1-2H3,(H,25,26). The Morgan fingerprint density at radius 2 is 1.52 bits per heavy atom. The fourth-order valence-electron chi connectivity index (χ4n) is 2.88. The molecule has 0 unspecified atom stereocenters. The van der Waals surface area contributed by atoms with Crippen molar-refractivity contribution in [1.82, 2.24) is 0 Å². The molecule has 1 amide bonds. The largest absolute Gasteiger partial charge is 0.494 e. The second kappa shape index (κ2) is 10.2. The first-order valence-corrected chi connectivity index (χ1v) is 9.68. The van der Waals surface area contributed by atoms with Crippen LogP contribution in [-0.2, 0) is 6.61 Å². The number of hydrogen-bond donors (Lipinski definition) is 1. The van der Waals surface area contributed by atoms with Crippen LogP contribution < -0.4 is 19.5 Å². The lowest BCUT2D eigenvalue weighted by atomic mass is 10.1. The summed E-state index contributed by atoms with van der Waals surface area (Å²) in [5, 5.41) is 2.95. The Balaban J connectivity index is 1.79. The molecule has 0 fully saturated rings. The van der Waals surface area contributed by atoms with Gasteiger partial charge in [0.2, 0.25) is 0 Å². The first kappa shape index (κ1) is 20.3. The van der Waals surface area contributed by atoms with Crippen molar-refractivity contribution < 1.29 is 19.0 Å². The minimum absolute atomic E-state index is 0.230. The Morgan fingerprint density at radius 1 is 0.793 bits per heavy atom. The zero-order chi connectivity index (χ0) is 20.5. The number of carbonyl (C=O) groups is 1. The van der Waals surface area contributed by atoms with E-state index in [1.807, 2.05) is 68.4 Å². The SMILES string of the molecule is CCOc1ccc(OCC)c(NC(=O)c2ccccc2COc2ccccc2)c1. The molecule has 0 saturated carbocycles. The second-order valence-corrected chi connectivity index (χ2v) is 6.24. The first-order chi connectivity index (χ1) is 14.2. The van der Waals surface area contributed by atoms with Crippen LogP contribution in [-0.4, -0.2) is 19.1 Å². The molecule has 5 heteroatoms. The molecule has 0 atom stereocenters. The van der Waals surface area contributed by atoms with Crippen LogP contribution in [0.4, 0.5) is 5.69 Å². The molecule has 0 aliphatic carbocycles. The summed E-state index contributed by atoms with van der Waals surface area (Å²) >= 11 is 0. The Kier molecular flexibility index (Phi) is 7.11. The highest BCUT2D eigenvalue weighted by atomic mass is 16.5. The molecule has 1 N–H and O–H groups in total. The van der Waals surface area contributed by atoms with Crippen molar-refractivity contribution in [3.05, 3.63) is 83.9 Å². The van der Waals surface area contributed by atoms with Crippen molar-refractivity contribution in [1.29, 1.82) is 0 Å². The fraction of sp³-hybridized carbons (Fsp3) is 0.208. The lowest BCUT2D eigenvalue weighted by Crippen LogP contribution is -2.16. The molecule has 0 radical (unpaired) electrons. The summed E-state index contributed by atoms with van der Waals surface area (Å²) in [5.74, 6) is 1.80. The first-order valence-electron chi connectivity index (χ1n) is 9.68. The molecule has 0 aliphatic heterocycles. The topological polar surface area (TPSA) is 56.8 Å². The summed E-state index contributed by atoms with van der Waals surface area (Å²) in [6.07, 6.45) is 0. The van der Waals surface area contributed by atoms with E-state index in [9.17, 15) is 4.79 Å². The van der Waals surface area contributed by atoms with Crippen LogP contribution in [0.15, 0.2) is 72.8 Å². The molecule has 0 aromatic heterocycles. The molecule has 0 saturated heterocycles. The number of nitrogens with one attached hydrogen (secondary N) is 1. The van der Waals surface area contributed by atoms with Gasteiger partial charge in [-0.1, -0.05) is 36.4 Å².